The number of aryl methyl sites for hydroxylation is 2. The van der Waals surface area contributed by atoms with Crippen LogP contribution in [0, 0.1) is 19.7 Å². The van der Waals surface area contributed by atoms with Crippen molar-refractivity contribution in [2.24, 2.45) is 0 Å². The molecular formula is C22H21ClFN5O4. The van der Waals surface area contributed by atoms with E-state index in [4.69, 9.17) is 21.4 Å². The molecule has 172 valence electrons. The summed E-state index contributed by atoms with van der Waals surface area (Å²) in [4.78, 5) is 30.7. The highest BCUT2D eigenvalue weighted by molar-refractivity contribution is 6.31. The van der Waals surface area contributed by atoms with Gasteiger partial charge in [-0.1, -0.05) is 11.6 Å². The molecule has 2 aromatic heterocycles. The number of aromatic nitrogens is 3. The van der Waals surface area contributed by atoms with E-state index in [1.54, 1.807) is 9.42 Å². The van der Waals surface area contributed by atoms with Crippen molar-refractivity contribution in [3.63, 3.8) is 0 Å². The molecule has 0 bridgehead atoms. The molecule has 5 rings (SSSR count). The zero-order chi connectivity index (χ0) is 23.4. The molecule has 11 heteroatoms. The molecule has 1 saturated heterocycles. The maximum Gasteiger partial charge on any atom is 0.320 e. The first kappa shape index (κ1) is 21.6. The van der Waals surface area contributed by atoms with E-state index in [1.165, 1.54) is 12.1 Å². The zero-order valence-corrected chi connectivity index (χ0v) is 18.7. The van der Waals surface area contributed by atoms with Crippen LogP contribution in [-0.2, 0) is 17.9 Å². The van der Waals surface area contributed by atoms with Crippen LogP contribution in [0.4, 0.5) is 4.39 Å². The number of amides is 1. The highest BCUT2D eigenvalue weighted by atomic mass is 35.5. The maximum absolute atomic E-state index is 14.0. The zero-order valence-electron chi connectivity index (χ0n) is 17.9. The number of aliphatic carboxylic acids is 1. The topological polar surface area (TPSA) is 109 Å². The largest absolute Gasteiger partial charge is 0.488 e. The van der Waals surface area contributed by atoms with E-state index in [0.717, 1.165) is 23.0 Å². The van der Waals surface area contributed by atoms with Crippen LogP contribution in [0.25, 0.3) is 5.65 Å². The van der Waals surface area contributed by atoms with Crippen LogP contribution in [0.5, 0.6) is 5.75 Å². The van der Waals surface area contributed by atoms with Crippen LogP contribution < -0.4 is 10.1 Å². The summed E-state index contributed by atoms with van der Waals surface area (Å²) >= 11 is 6.30. The summed E-state index contributed by atoms with van der Waals surface area (Å²) in [6.07, 6.45) is -0.266. The molecule has 0 aliphatic carbocycles. The first-order valence-corrected chi connectivity index (χ1v) is 10.9. The molecule has 1 fully saturated rings. The summed E-state index contributed by atoms with van der Waals surface area (Å²) in [5, 5.41) is 17.1. The van der Waals surface area contributed by atoms with E-state index >= 15 is 0 Å². The van der Waals surface area contributed by atoms with E-state index in [0.29, 0.717) is 29.5 Å². The lowest BCUT2D eigenvalue weighted by Crippen LogP contribution is -2.30. The summed E-state index contributed by atoms with van der Waals surface area (Å²) < 4.78 is 21.5. The lowest BCUT2D eigenvalue weighted by Gasteiger charge is -2.20. The smallest absolute Gasteiger partial charge is 0.320 e. The molecule has 1 amide bonds. The van der Waals surface area contributed by atoms with Crippen LogP contribution in [0.2, 0.25) is 5.02 Å². The SMILES string of the molecule is Cc1nc2c3c(nn2c(C)c1Cl)CN(C(=O)c1ccc(F)cc1O[C@@H]1CN[C@H](C(=O)O)C1)C3. The molecular weight excluding hydrogens is 453 g/mol. The molecule has 1 aromatic carbocycles. The van der Waals surface area contributed by atoms with Crippen molar-refractivity contribution in [2.75, 3.05) is 6.54 Å². The second-order valence-electron chi connectivity index (χ2n) is 8.33. The van der Waals surface area contributed by atoms with Gasteiger partial charge in [-0.15, -0.1) is 0 Å². The van der Waals surface area contributed by atoms with Gasteiger partial charge >= 0.3 is 5.97 Å². The van der Waals surface area contributed by atoms with Gasteiger partial charge in [-0.2, -0.15) is 5.10 Å². The molecule has 4 heterocycles. The molecule has 2 atom stereocenters. The molecule has 0 spiro atoms. The third kappa shape index (κ3) is 3.68. The monoisotopic (exact) mass is 473 g/mol. The summed E-state index contributed by atoms with van der Waals surface area (Å²) in [5.74, 6) is -1.76. The van der Waals surface area contributed by atoms with Crippen LogP contribution in [0.1, 0.15) is 39.4 Å². The Morgan fingerprint density at radius 1 is 1.30 bits per heavy atom. The second-order valence-corrected chi connectivity index (χ2v) is 8.71. The summed E-state index contributed by atoms with van der Waals surface area (Å²) in [5.41, 5.74) is 3.92. The van der Waals surface area contributed by atoms with Crippen molar-refractivity contribution in [3.8, 4) is 5.75 Å². The Kier molecular flexibility index (Phi) is 5.21. The van der Waals surface area contributed by atoms with Gasteiger partial charge in [-0.25, -0.2) is 13.9 Å². The third-order valence-corrected chi connectivity index (χ3v) is 6.65. The minimum Gasteiger partial charge on any atom is -0.488 e. The number of nitrogens with one attached hydrogen (secondary N) is 1. The van der Waals surface area contributed by atoms with Gasteiger partial charge in [-0.3, -0.25) is 9.59 Å². The Bertz CT molecular complexity index is 1310. The fourth-order valence-corrected chi connectivity index (χ4v) is 4.48. The van der Waals surface area contributed by atoms with Gasteiger partial charge in [0.1, 0.15) is 23.7 Å². The van der Waals surface area contributed by atoms with Gasteiger partial charge in [0.05, 0.1) is 40.8 Å². The number of carbonyl (C=O) groups excluding carboxylic acids is 1. The number of rotatable bonds is 4. The van der Waals surface area contributed by atoms with E-state index in [-0.39, 0.29) is 30.2 Å². The van der Waals surface area contributed by atoms with Gasteiger partial charge in [0.25, 0.3) is 5.91 Å². The van der Waals surface area contributed by atoms with Gasteiger partial charge in [-0.05, 0) is 26.0 Å². The number of carbonyl (C=O) groups is 2. The van der Waals surface area contributed by atoms with Gasteiger partial charge in [0.15, 0.2) is 5.65 Å². The summed E-state index contributed by atoms with van der Waals surface area (Å²) in [7, 11) is 0. The number of carboxylic acids is 1. The number of benzene rings is 1. The van der Waals surface area contributed by atoms with Crippen molar-refractivity contribution in [3.05, 3.63) is 57.2 Å². The maximum atomic E-state index is 14.0. The average Bonchev–Trinajstić information content (AvgIpc) is 3.47. The highest BCUT2D eigenvalue weighted by Gasteiger charge is 2.34. The van der Waals surface area contributed by atoms with Crippen LogP contribution >= 0.6 is 11.6 Å². The number of hydrogen-bond donors (Lipinski definition) is 2. The molecule has 3 aromatic rings. The summed E-state index contributed by atoms with van der Waals surface area (Å²) in [6.45, 7) is 4.55. The van der Waals surface area contributed by atoms with Gasteiger partial charge < -0.3 is 20.1 Å². The van der Waals surface area contributed by atoms with Crippen molar-refractivity contribution in [2.45, 2.75) is 45.5 Å². The van der Waals surface area contributed by atoms with Crippen LogP contribution in [0.3, 0.4) is 0 Å². The van der Waals surface area contributed by atoms with Crippen LogP contribution in [0.15, 0.2) is 18.2 Å². The van der Waals surface area contributed by atoms with Gasteiger partial charge in [0.2, 0.25) is 0 Å². The third-order valence-electron chi connectivity index (χ3n) is 6.10. The molecule has 0 saturated carbocycles. The van der Waals surface area contributed by atoms with E-state index in [1.807, 2.05) is 13.8 Å². The molecule has 0 radical (unpaired) electrons. The van der Waals surface area contributed by atoms with E-state index in [9.17, 15) is 14.0 Å². The fraction of sp³-hybridized carbons (Fsp3) is 0.364. The number of nitrogens with zero attached hydrogens (tertiary/aromatic N) is 4. The Labute approximate surface area is 193 Å². The minimum atomic E-state index is -0.975. The molecule has 9 nitrogen and oxygen atoms in total. The Hall–Kier alpha value is -3.24. The lowest BCUT2D eigenvalue weighted by atomic mass is 10.1. The predicted octanol–water partition coefficient (Wildman–Crippen LogP) is 2.49. The van der Waals surface area contributed by atoms with Crippen LogP contribution in [-0.4, -0.2) is 55.2 Å². The Morgan fingerprint density at radius 3 is 2.82 bits per heavy atom. The molecule has 0 unspecified atom stereocenters. The predicted molar refractivity (Wildman–Crippen MR) is 116 cm³/mol. The van der Waals surface area contributed by atoms with Crippen molar-refractivity contribution >= 4 is 29.1 Å². The first-order valence-electron chi connectivity index (χ1n) is 10.5. The number of fused-ring (bicyclic) bond motifs is 3. The normalized spacial score (nSPS) is 19.8. The molecule has 2 aliphatic heterocycles. The van der Waals surface area contributed by atoms with Crippen molar-refractivity contribution in [1.29, 1.82) is 0 Å². The molecule has 2 aliphatic rings. The number of ether oxygens (including phenoxy) is 1. The standard InChI is InChI=1S/C22H21ClFN5O4/c1-10-19(23)11(2)29-20(26-10)15-8-28(9-17(15)27-29)21(30)14-4-3-12(24)5-18(14)33-13-6-16(22(31)32)25-7-13/h3-5,13,16,25H,6-9H2,1-2H3,(H,31,32)/t13-,16-/m0/s1. The van der Waals surface area contributed by atoms with E-state index < -0.39 is 23.9 Å². The van der Waals surface area contributed by atoms with Gasteiger partial charge in [0, 0.05) is 24.6 Å². The minimum absolute atomic E-state index is 0.0909. The van der Waals surface area contributed by atoms with Crippen molar-refractivity contribution < 1.29 is 23.8 Å². The van der Waals surface area contributed by atoms with E-state index in [2.05, 4.69) is 15.4 Å². The fourth-order valence-electron chi connectivity index (χ4n) is 4.36. The van der Waals surface area contributed by atoms with Crippen molar-refractivity contribution in [1.82, 2.24) is 24.8 Å². The Morgan fingerprint density at radius 2 is 2.09 bits per heavy atom. The number of halogens is 2. The number of carboxylic acid groups (broad SMARTS) is 1. The lowest BCUT2D eigenvalue weighted by molar-refractivity contribution is -0.139. The summed E-state index contributed by atoms with van der Waals surface area (Å²) in [6, 6.07) is 3.01. The Balaban J connectivity index is 1.40. The second kappa shape index (κ2) is 7.96. The first-order chi connectivity index (χ1) is 15.7. The quantitative estimate of drug-likeness (QED) is 0.599. The average molecular weight is 474 g/mol. The highest BCUT2D eigenvalue weighted by Crippen LogP contribution is 2.32. The molecule has 2 N–H and O–H groups in total. The molecule has 33 heavy (non-hydrogen) atoms. The number of hydrogen-bond acceptors (Lipinski definition) is 6.